The molecule has 2 aromatic rings. The molecule has 24 heavy (non-hydrogen) atoms. The summed E-state index contributed by atoms with van der Waals surface area (Å²) in [7, 11) is 0. The van der Waals surface area contributed by atoms with E-state index >= 15 is 0 Å². The summed E-state index contributed by atoms with van der Waals surface area (Å²) in [4.78, 5) is 11.9. The number of allylic oxidation sites excluding steroid dienone is 4. The van der Waals surface area contributed by atoms with E-state index in [1.165, 1.54) is 5.57 Å². The molecule has 0 aliphatic carbocycles. The number of ether oxygens (including phenoxy) is 1. The standard InChI is InChI=1S/C19H28N4O/c1-4-7-12-24-19-22-16-15(13-21-17(16)18(20)23-19)11-9-8-10-14(5-2)6-3/h5,8,10,13,21H,4,6-7,9,11-12H2,1-3H3,(H2,20,22,23)/b10-8-,14-5-. The summed E-state index contributed by atoms with van der Waals surface area (Å²) >= 11 is 0. The molecule has 0 saturated carbocycles. The number of rotatable bonds is 9. The Kier molecular flexibility index (Phi) is 6.85. The monoisotopic (exact) mass is 328 g/mol. The number of anilines is 1. The average Bonchev–Trinajstić information content (AvgIpc) is 2.99. The summed E-state index contributed by atoms with van der Waals surface area (Å²) in [6.45, 7) is 6.98. The maximum Gasteiger partial charge on any atom is 0.319 e. The molecule has 0 spiro atoms. The van der Waals surface area contributed by atoms with Gasteiger partial charge in [-0.25, -0.2) is 0 Å². The van der Waals surface area contributed by atoms with Crippen molar-refractivity contribution in [2.45, 2.75) is 52.9 Å². The van der Waals surface area contributed by atoms with Crippen LogP contribution in [0.5, 0.6) is 6.01 Å². The first kappa shape index (κ1) is 18.0. The molecular formula is C19H28N4O. The van der Waals surface area contributed by atoms with Crippen LogP contribution < -0.4 is 10.5 Å². The molecule has 2 heterocycles. The highest BCUT2D eigenvalue weighted by atomic mass is 16.5. The van der Waals surface area contributed by atoms with Gasteiger partial charge in [-0.2, -0.15) is 9.97 Å². The second kappa shape index (κ2) is 9.11. The Hall–Kier alpha value is -2.30. The van der Waals surface area contributed by atoms with Gasteiger partial charge in [0.05, 0.1) is 6.61 Å². The molecule has 2 aromatic heterocycles. The van der Waals surface area contributed by atoms with Crippen molar-refractivity contribution in [3.05, 3.63) is 35.6 Å². The first-order valence-electron chi connectivity index (χ1n) is 8.77. The average molecular weight is 328 g/mol. The Labute approximate surface area is 144 Å². The molecule has 0 fully saturated rings. The number of fused-ring (bicyclic) bond motifs is 1. The number of aromatic amines is 1. The fourth-order valence-corrected chi connectivity index (χ4v) is 2.51. The summed E-state index contributed by atoms with van der Waals surface area (Å²) in [5.41, 5.74) is 10.2. The Morgan fingerprint density at radius 1 is 1.33 bits per heavy atom. The number of aryl methyl sites for hydroxylation is 1. The van der Waals surface area contributed by atoms with Crippen LogP contribution in [0.4, 0.5) is 5.82 Å². The van der Waals surface area contributed by atoms with Crippen molar-refractivity contribution in [3.8, 4) is 6.01 Å². The maximum atomic E-state index is 6.02. The van der Waals surface area contributed by atoms with Gasteiger partial charge in [0.1, 0.15) is 11.0 Å². The SMILES string of the molecule is C/C=C(\C=C/CCc1c[nH]c2c(N)nc(OCCCC)nc12)CC. The minimum atomic E-state index is 0.368. The van der Waals surface area contributed by atoms with Crippen molar-refractivity contribution in [2.75, 3.05) is 12.3 Å². The van der Waals surface area contributed by atoms with Crippen LogP contribution in [0.1, 0.15) is 52.0 Å². The maximum absolute atomic E-state index is 6.02. The van der Waals surface area contributed by atoms with Crippen LogP contribution in [-0.4, -0.2) is 21.6 Å². The second-order valence-corrected chi connectivity index (χ2v) is 5.79. The summed E-state index contributed by atoms with van der Waals surface area (Å²) in [5.74, 6) is 0.440. The molecule has 0 bridgehead atoms. The van der Waals surface area contributed by atoms with Gasteiger partial charge >= 0.3 is 6.01 Å². The van der Waals surface area contributed by atoms with Crippen LogP contribution in [0.25, 0.3) is 11.0 Å². The fraction of sp³-hybridized carbons (Fsp3) is 0.474. The van der Waals surface area contributed by atoms with E-state index in [4.69, 9.17) is 10.5 Å². The molecule has 130 valence electrons. The summed E-state index contributed by atoms with van der Waals surface area (Å²) in [5, 5.41) is 0. The lowest BCUT2D eigenvalue weighted by Crippen LogP contribution is -2.03. The van der Waals surface area contributed by atoms with Crippen molar-refractivity contribution in [1.82, 2.24) is 15.0 Å². The van der Waals surface area contributed by atoms with Gasteiger partial charge in [-0.3, -0.25) is 0 Å². The predicted molar refractivity (Wildman–Crippen MR) is 100 cm³/mol. The van der Waals surface area contributed by atoms with Crippen LogP contribution >= 0.6 is 0 Å². The van der Waals surface area contributed by atoms with Gasteiger partial charge in [-0.1, -0.05) is 44.1 Å². The van der Waals surface area contributed by atoms with Gasteiger partial charge in [-0.15, -0.1) is 0 Å². The van der Waals surface area contributed by atoms with Crippen LogP contribution in [0.3, 0.4) is 0 Å². The number of unbranched alkanes of at least 4 members (excludes halogenated alkanes) is 1. The Bertz CT molecular complexity index is 715. The van der Waals surface area contributed by atoms with Gasteiger partial charge in [0.25, 0.3) is 0 Å². The topological polar surface area (TPSA) is 76.8 Å². The zero-order chi connectivity index (χ0) is 17.4. The van der Waals surface area contributed by atoms with E-state index in [-0.39, 0.29) is 0 Å². The molecule has 0 aliphatic heterocycles. The van der Waals surface area contributed by atoms with Crippen molar-refractivity contribution >= 4 is 16.9 Å². The summed E-state index contributed by atoms with van der Waals surface area (Å²) in [6.07, 6.45) is 13.5. The van der Waals surface area contributed by atoms with E-state index in [2.05, 4.69) is 54.0 Å². The third-order valence-corrected chi connectivity index (χ3v) is 4.03. The molecule has 2 rings (SSSR count). The Morgan fingerprint density at radius 2 is 2.17 bits per heavy atom. The van der Waals surface area contributed by atoms with E-state index < -0.39 is 0 Å². The zero-order valence-electron chi connectivity index (χ0n) is 14.9. The highest BCUT2D eigenvalue weighted by molar-refractivity contribution is 5.87. The third kappa shape index (κ3) is 4.60. The lowest BCUT2D eigenvalue weighted by molar-refractivity contribution is 0.287. The number of aromatic nitrogens is 3. The van der Waals surface area contributed by atoms with Crippen LogP contribution in [-0.2, 0) is 6.42 Å². The van der Waals surface area contributed by atoms with E-state index in [0.29, 0.717) is 18.4 Å². The lowest BCUT2D eigenvalue weighted by atomic mass is 10.1. The molecular weight excluding hydrogens is 300 g/mol. The van der Waals surface area contributed by atoms with E-state index in [9.17, 15) is 0 Å². The zero-order valence-corrected chi connectivity index (χ0v) is 14.9. The highest BCUT2D eigenvalue weighted by Crippen LogP contribution is 2.24. The van der Waals surface area contributed by atoms with Gasteiger partial charge in [0, 0.05) is 6.20 Å². The van der Waals surface area contributed by atoms with E-state index in [0.717, 1.165) is 48.7 Å². The lowest BCUT2D eigenvalue weighted by Gasteiger charge is -2.05. The summed E-state index contributed by atoms with van der Waals surface area (Å²) in [6, 6.07) is 0.368. The largest absolute Gasteiger partial charge is 0.463 e. The van der Waals surface area contributed by atoms with Gasteiger partial charge < -0.3 is 15.5 Å². The quantitative estimate of drug-likeness (QED) is 0.522. The first-order chi connectivity index (χ1) is 11.7. The number of nitrogen functional groups attached to an aromatic ring is 1. The smallest absolute Gasteiger partial charge is 0.319 e. The van der Waals surface area contributed by atoms with Crippen molar-refractivity contribution in [1.29, 1.82) is 0 Å². The van der Waals surface area contributed by atoms with Crippen LogP contribution in [0, 0.1) is 0 Å². The fourth-order valence-electron chi connectivity index (χ4n) is 2.51. The van der Waals surface area contributed by atoms with E-state index in [1.807, 2.05) is 6.20 Å². The molecule has 0 saturated heterocycles. The molecule has 0 amide bonds. The van der Waals surface area contributed by atoms with Gasteiger partial charge in [-0.05, 0) is 38.2 Å². The number of nitrogens with zero attached hydrogens (tertiary/aromatic N) is 2. The Balaban J connectivity index is 2.10. The number of hydrogen-bond donors (Lipinski definition) is 2. The molecule has 0 unspecified atom stereocenters. The number of hydrogen-bond acceptors (Lipinski definition) is 4. The van der Waals surface area contributed by atoms with Crippen LogP contribution in [0.15, 0.2) is 30.0 Å². The molecule has 5 nitrogen and oxygen atoms in total. The molecule has 3 N–H and O–H groups in total. The molecule has 0 aliphatic rings. The third-order valence-electron chi connectivity index (χ3n) is 4.03. The number of nitrogens with two attached hydrogens (primary N) is 1. The minimum Gasteiger partial charge on any atom is -0.463 e. The normalized spacial score (nSPS) is 12.4. The summed E-state index contributed by atoms with van der Waals surface area (Å²) < 4.78 is 5.61. The van der Waals surface area contributed by atoms with Gasteiger partial charge in [0.2, 0.25) is 0 Å². The molecule has 5 heteroatoms. The Morgan fingerprint density at radius 3 is 2.88 bits per heavy atom. The number of nitrogens with one attached hydrogen (secondary N) is 1. The van der Waals surface area contributed by atoms with Crippen molar-refractivity contribution in [3.63, 3.8) is 0 Å². The van der Waals surface area contributed by atoms with Crippen LogP contribution in [0.2, 0.25) is 0 Å². The predicted octanol–water partition coefficient (Wildman–Crippen LogP) is 4.56. The van der Waals surface area contributed by atoms with E-state index in [1.54, 1.807) is 0 Å². The highest BCUT2D eigenvalue weighted by Gasteiger charge is 2.11. The van der Waals surface area contributed by atoms with Crippen molar-refractivity contribution < 1.29 is 4.74 Å². The minimum absolute atomic E-state index is 0.368. The molecule has 0 radical (unpaired) electrons. The first-order valence-corrected chi connectivity index (χ1v) is 8.77. The van der Waals surface area contributed by atoms with Gasteiger partial charge in [0.15, 0.2) is 5.82 Å². The molecule has 0 aromatic carbocycles. The van der Waals surface area contributed by atoms with Crippen molar-refractivity contribution in [2.24, 2.45) is 0 Å². The molecule has 0 atom stereocenters. The second-order valence-electron chi connectivity index (χ2n) is 5.79. The number of H-pyrrole nitrogens is 1.